The monoisotopic (exact) mass is 1050 g/mol. The summed E-state index contributed by atoms with van der Waals surface area (Å²) < 4.78 is 62.4. The van der Waals surface area contributed by atoms with E-state index in [2.05, 4.69) is 47.4 Å². The van der Waals surface area contributed by atoms with Gasteiger partial charge in [0, 0.05) is 37.1 Å². The maximum atomic E-state index is 12.7. The van der Waals surface area contributed by atoms with Crippen molar-refractivity contribution in [2.75, 3.05) is 37.8 Å². The van der Waals surface area contributed by atoms with Crippen molar-refractivity contribution in [2.24, 2.45) is 5.41 Å². The number of thioether (sulfide) groups is 1. The molecule has 0 bridgehead atoms. The van der Waals surface area contributed by atoms with Crippen molar-refractivity contribution >= 4 is 69.1 Å². The molecule has 3 heterocycles. The van der Waals surface area contributed by atoms with E-state index in [1.807, 2.05) is 12.2 Å². The van der Waals surface area contributed by atoms with Crippen LogP contribution in [0.5, 0.6) is 0 Å². The number of nitrogens with zero attached hydrogens (tertiary/aromatic N) is 4. The zero-order chi connectivity index (χ0) is 50.5. The first-order valence-corrected chi connectivity index (χ1v) is 27.5. The second-order valence-corrected chi connectivity index (χ2v) is 21.9. The number of phosphoric ester groups is 3. The molecule has 8 atom stereocenters. The smallest absolute Gasteiger partial charge is 0.389 e. The summed E-state index contributed by atoms with van der Waals surface area (Å²) in [5.74, 6) is -1.10. The van der Waals surface area contributed by atoms with Gasteiger partial charge in [-0.2, -0.15) is 4.31 Å². The van der Waals surface area contributed by atoms with Crippen LogP contribution in [0.1, 0.15) is 104 Å². The van der Waals surface area contributed by atoms with Crippen molar-refractivity contribution in [3.05, 3.63) is 37.0 Å². The fourth-order valence-electron chi connectivity index (χ4n) is 6.50. The molecule has 2 aromatic rings. The molecule has 0 radical (unpaired) electrons. The van der Waals surface area contributed by atoms with E-state index >= 15 is 0 Å². The van der Waals surface area contributed by atoms with E-state index in [0.29, 0.717) is 18.6 Å². The van der Waals surface area contributed by atoms with Gasteiger partial charge in [-0.05, 0) is 25.7 Å². The molecule has 2 amide bonds. The number of ether oxygens (including phenoxy) is 1. The third-order valence-electron chi connectivity index (χ3n) is 10.2. The second kappa shape index (κ2) is 28.7. The lowest BCUT2D eigenvalue weighted by atomic mass is 9.87. The molecule has 1 aliphatic rings. The lowest BCUT2D eigenvalue weighted by molar-refractivity contribution is -0.137. The van der Waals surface area contributed by atoms with Gasteiger partial charge in [-0.1, -0.05) is 95.4 Å². The van der Waals surface area contributed by atoms with Crippen LogP contribution in [0.3, 0.4) is 0 Å². The van der Waals surface area contributed by atoms with Crippen molar-refractivity contribution in [1.29, 1.82) is 0 Å². The molecule has 1 saturated heterocycles. The fraction of sp³-hybridized carbons (Fsp3) is 0.692. The Morgan fingerprint density at radius 1 is 0.941 bits per heavy atom. The largest absolute Gasteiger partial charge is 0.481 e. The van der Waals surface area contributed by atoms with E-state index in [9.17, 15) is 63.0 Å². The Kier molecular flexibility index (Phi) is 25.1. The van der Waals surface area contributed by atoms with Crippen molar-refractivity contribution in [1.82, 2.24) is 30.2 Å². The van der Waals surface area contributed by atoms with Crippen LogP contribution in [0.15, 0.2) is 37.0 Å². The fourth-order valence-corrected chi connectivity index (χ4v) is 10.0. The number of aliphatic hydroxyl groups excluding tert-OH is 3. The van der Waals surface area contributed by atoms with Crippen LogP contribution in [0, 0.1) is 5.41 Å². The summed E-state index contributed by atoms with van der Waals surface area (Å²) in [6.07, 6.45) is 10.6. The third-order valence-corrected chi connectivity index (χ3v) is 14.2. The zero-order valence-corrected chi connectivity index (χ0v) is 41.7. The number of allylic oxidation sites excluding steroid dienone is 3. The van der Waals surface area contributed by atoms with Crippen molar-refractivity contribution in [3.63, 3.8) is 0 Å². The van der Waals surface area contributed by atoms with Crippen LogP contribution < -0.4 is 16.4 Å². The van der Waals surface area contributed by atoms with Gasteiger partial charge < -0.3 is 56.0 Å². The third kappa shape index (κ3) is 21.6. The van der Waals surface area contributed by atoms with E-state index in [4.69, 9.17) is 19.5 Å². The lowest BCUT2D eigenvalue weighted by Gasteiger charge is -2.30. The first-order chi connectivity index (χ1) is 31.9. The first-order valence-electron chi connectivity index (χ1n) is 22.0. The minimum atomic E-state index is -5.58. The SMILES string of the molecule is CCCCC/C=C/C=C/C(O)CCCCCCCC(=O)SCCNC(=O)CCNC(=O)C(O)C(C)(C)COP(=O)(O)OP(=O)(O)OCC1OC(n2cnc3c(N)ncnc32)C(O)C1OP(=O)(O)O. The predicted molar refractivity (Wildman–Crippen MR) is 248 cm³/mol. The molecule has 25 nitrogen and oxygen atoms in total. The molecule has 1 aliphatic heterocycles. The highest BCUT2D eigenvalue weighted by Crippen LogP contribution is 2.61. The van der Waals surface area contributed by atoms with E-state index in [0.717, 1.165) is 67.5 Å². The number of unbranched alkanes of at least 4 members (excludes halogenated alkanes) is 7. The Morgan fingerprint density at radius 2 is 1.65 bits per heavy atom. The molecule has 8 unspecified atom stereocenters. The summed E-state index contributed by atoms with van der Waals surface area (Å²) in [6, 6.07) is 0. The van der Waals surface area contributed by atoms with Gasteiger partial charge in [0.05, 0.1) is 25.6 Å². The number of hydrogen-bond donors (Lipinski definition) is 10. The van der Waals surface area contributed by atoms with E-state index < -0.39 is 90.7 Å². The molecular formula is C39H66N7O18P3S. The Morgan fingerprint density at radius 3 is 2.37 bits per heavy atom. The Hall–Kier alpha value is -3.00. The Labute approximate surface area is 398 Å². The number of rotatable bonds is 33. The van der Waals surface area contributed by atoms with Crippen LogP contribution in [0.2, 0.25) is 0 Å². The number of aliphatic hydroxyl groups is 3. The average molecular weight is 1050 g/mol. The van der Waals surface area contributed by atoms with Crippen LogP contribution in [0.25, 0.3) is 11.2 Å². The number of nitrogens with one attached hydrogen (secondary N) is 2. The summed E-state index contributed by atoms with van der Waals surface area (Å²) in [7, 11) is -16.4. The zero-order valence-electron chi connectivity index (χ0n) is 38.2. The highest BCUT2D eigenvalue weighted by molar-refractivity contribution is 8.13. The molecule has 386 valence electrons. The number of nitrogen functional groups attached to an aromatic ring is 1. The summed E-state index contributed by atoms with van der Waals surface area (Å²) >= 11 is 1.11. The topological polar surface area (TPSA) is 384 Å². The maximum absolute atomic E-state index is 12.7. The van der Waals surface area contributed by atoms with E-state index in [-0.39, 0.29) is 41.6 Å². The number of phosphoric acid groups is 3. The van der Waals surface area contributed by atoms with Crippen LogP contribution in [0.4, 0.5) is 5.82 Å². The van der Waals surface area contributed by atoms with Gasteiger partial charge in [0.2, 0.25) is 11.8 Å². The number of carbonyl (C=O) groups excluding carboxylic acids is 3. The molecule has 0 spiro atoms. The molecule has 29 heteroatoms. The van der Waals surface area contributed by atoms with Crippen molar-refractivity contribution < 1.29 is 85.6 Å². The normalized spacial score (nSPS) is 20.7. The number of amides is 2. The van der Waals surface area contributed by atoms with Crippen LogP contribution in [-0.2, 0) is 50.7 Å². The molecule has 68 heavy (non-hydrogen) atoms. The lowest BCUT2D eigenvalue weighted by Crippen LogP contribution is -2.46. The summed E-state index contributed by atoms with van der Waals surface area (Å²) in [5.41, 5.74) is 4.26. The summed E-state index contributed by atoms with van der Waals surface area (Å²) in [4.78, 5) is 88.3. The minimum Gasteiger partial charge on any atom is -0.389 e. The van der Waals surface area contributed by atoms with E-state index in [1.165, 1.54) is 33.1 Å². The van der Waals surface area contributed by atoms with Gasteiger partial charge in [-0.15, -0.1) is 0 Å². The van der Waals surface area contributed by atoms with Crippen LogP contribution >= 0.6 is 35.2 Å². The van der Waals surface area contributed by atoms with Gasteiger partial charge in [0.1, 0.15) is 36.3 Å². The Balaban J connectivity index is 1.31. The average Bonchev–Trinajstić information content (AvgIpc) is 3.82. The Bertz CT molecular complexity index is 2130. The van der Waals surface area contributed by atoms with Crippen molar-refractivity contribution in [3.8, 4) is 0 Å². The summed E-state index contributed by atoms with van der Waals surface area (Å²) in [6.45, 7) is 2.65. The molecule has 1 fully saturated rings. The molecule has 0 saturated carbocycles. The number of imidazole rings is 1. The predicted octanol–water partition coefficient (Wildman–Crippen LogP) is 3.45. The van der Waals surface area contributed by atoms with E-state index in [1.54, 1.807) is 6.08 Å². The number of hydrogen-bond acceptors (Lipinski definition) is 19. The van der Waals surface area contributed by atoms with Gasteiger partial charge >= 0.3 is 23.5 Å². The van der Waals surface area contributed by atoms with Gasteiger partial charge in [-0.3, -0.25) is 32.5 Å². The first kappa shape index (κ1) is 59.3. The van der Waals surface area contributed by atoms with Gasteiger partial charge in [-0.25, -0.2) is 28.6 Å². The molecule has 3 rings (SSSR count). The highest BCUT2D eigenvalue weighted by atomic mass is 32.2. The number of nitrogens with two attached hydrogens (primary N) is 1. The molecular weight excluding hydrogens is 979 g/mol. The number of aromatic nitrogens is 4. The van der Waals surface area contributed by atoms with Gasteiger partial charge in [0.15, 0.2) is 22.8 Å². The number of fused-ring (bicyclic) bond motifs is 1. The van der Waals surface area contributed by atoms with Crippen LogP contribution in [-0.4, -0.2) is 134 Å². The maximum Gasteiger partial charge on any atom is 0.481 e. The van der Waals surface area contributed by atoms with Gasteiger partial charge in [0.25, 0.3) is 0 Å². The quantitative estimate of drug-likeness (QED) is 0.0278. The second-order valence-electron chi connectivity index (χ2n) is 16.5. The molecule has 2 aromatic heterocycles. The molecule has 0 aromatic carbocycles. The molecule has 11 N–H and O–H groups in total. The number of carbonyl (C=O) groups is 3. The number of anilines is 1. The minimum absolute atomic E-state index is 0.0134. The van der Waals surface area contributed by atoms with Crippen molar-refractivity contribution in [2.45, 2.75) is 135 Å². The standard InChI is InChI=1S/C39H66N7O18P3S/c1-4-5-6-7-8-10-13-16-27(47)17-14-11-9-12-15-18-30(49)68-22-21-41-29(48)19-20-42-37(52)34(51)39(2,3)24-61-67(58,59)64-66(56,57)60-23-28-33(63-65(53,54)55)32(50)38(62-28)46-26-45-31-35(40)43-25-44-36(31)46/h8,10,13,16,25-28,32-34,38,47,50-51H,4-7,9,11-12,14-15,17-24H2,1-3H3,(H,41,48)(H,42,52)(H,56,57)(H,58,59)(H2,40,43,44)(H2,53,54,55)/b10-8+,16-13+. The highest BCUT2D eigenvalue weighted by Gasteiger charge is 2.50. The molecule has 0 aliphatic carbocycles. The summed E-state index contributed by atoms with van der Waals surface area (Å²) in [5, 5.41) is 36.7.